The Morgan fingerprint density at radius 3 is 2.32 bits per heavy atom. The van der Waals surface area contributed by atoms with Crippen molar-refractivity contribution >= 4 is 49.0 Å². The minimum absolute atomic E-state index is 0.00925. The Morgan fingerprint density at radius 1 is 1.09 bits per heavy atom. The lowest BCUT2D eigenvalue weighted by molar-refractivity contribution is -0.153. The number of thiazole rings is 1. The van der Waals surface area contributed by atoms with Gasteiger partial charge in [-0.3, -0.25) is 9.59 Å². The zero-order chi connectivity index (χ0) is 41.4. The van der Waals surface area contributed by atoms with E-state index in [4.69, 9.17) is 28.2 Å². The van der Waals surface area contributed by atoms with Gasteiger partial charge in [0.25, 0.3) is 5.88 Å². The first kappa shape index (κ1) is 45.0. The van der Waals surface area contributed by atoms with Crippen molar-refractivity contribution in [2.75, 3.05) is 32.6 Å². The molecule has 0 aliphatic carbocycles. The second-order valence-electron chi connectivity index (χ2n) is 14.4. The summed E-state index contributed by atoms with van der Waals surface area (Å²) in [6.07, 6.45) is -2.35. The molecule has 1 aliphatic heterocycles. The molecule has 0 bridgehead atoms. The van der Waals surface area contributed by atoms with Crippen molar-refractivity contribution in [3.8, 4) is 16.3 Å². The number of ether oxygens (including phenoxy) is 5. The lowest BCUT2D eigenvalue weighted by atomic mass is 9.91. The van der Waals surface area contributed by atoms with Crippen LogP contribution in [-0.4, -0.2) is 103 Å². The lowest BCUT2D eigenvalue weighted by Gasteiger charge is -2.29. The molecule has 5 atom stereocenters. The van der Waals surface area contributed by atoms with Crippen molar-refractivity contribution in [3.05, 3.63) is 52.9 Å². The number of aromatic nitrogens is 2. The quantitative estimate of drug-likeness (QED) is 0.0785. The fourth-order valence-electron chi connectivity index (χ4n) is 6.25. The van der Waals surface area contributed by atoms with Gasteiger partial charge in [-0.25, -0.2) is 18.2 Å². The fourth-order valence-corrected chi connectivity index (χ4v) is 10.8. The Hall–Kier alpha value is -3.71. The minimum Gasteiger partial charge on any atom is -0.470 e. The zero-order valence-corrected chi connectivity index (χ0v) is 36.0. The summed E-state index contributed by atoms with van der Waals surface area (Å²) in [6.45, 7) is 16.8. The number of carbonyl (C=O) groups is 3. The number of hydrogen-bond acceptors (Lipinski definition) is 15. The van der Waals surface area contributed by atoms with Gasteiger partial charge >= 0.3 is 6.16 Å². The van der Waals surface area contributed by atoms with E-state index in [2.05, 4.69) is 15.5 Å². The van der Waals surface area contributed by atoms with Crippen molar-refractivity contribution in [1.29, 1.82) is 0 Å². The van der Waals surface area contributed by atoms with E-state index in [0.29, 0.717) is 24.0 Å². The summed E-state index contributed by atoms with van der Waals surface area (Å²) in [5.41, 5.74) is 4.61. The predicted octanol–water partition coefficient (Wildman–Crippen LogP) is 6.48. The highest BCUT2D eigenvalue weighted by Gasteiger charge is 2.46. The molecule has 310 valence electrons. The van der Waals surface area contributed by atoms with Gasteiger partial charge in [0.2, 0.25) is 11.8 Å². The molecule has 3 aromatic rings. The molecular formula is C38H54N4O11S3. The summed E-state index contributed by atoms with van der Waals surface area (Å²) in [5, 5.41) is 7.06. The van der Waals surface area contributed by atoms with Crippen molar-refractivity contribution in [3.63, 3.8) is 0 Å². The van der Waals surface area contributed by atoms with Gasteiger partial charge in [-0.15, -0.1) is 11.3 Å². The van der Waals surface area contributed by atoms with Crippen LogP contribution in [0.15, 0.2) is 40.4 Å². The number of benzene rings is 1. The van der Waals surface area contributed by atoms with Gasteiger partial charge in [0.05, 0.1) is 33.4 Å². The highest BCUT2D eigenvalue weighted by molar-refractivity contribution is 8.72. The maximum absolute atomic E-state index is 14.5. The molecule has 1 fully saturated rings. The lowest BCUT2D eigenvalue weighted by Crippen LogP contribution is -2.48. The van der Waals surface area contributed by atoms with E-state index in [0.717, 1.165) is 28.0 Å². The maximum Gasteiger partial charge on any atom is 0.508 e. The Labute approximate surface area is 336 Å². The highest BCUT2D eigenvalue weighted by Crippen LogP contribution is 2.36. The molecular weight excluding hydrogens is 785 g/mol. The van der Waals surface area contributed by atoms with Crippen molar-refractivity contribution in [1.82, 2.24) is 20.4 Å². The average Bonchev–Trinajstić information content (AvgIpc) is 3.86. The SMILES string of the molecule is CCOC(COc1cc([C@H](C(=O)N2C[C@H](OC(=O)OC(C)C(C)(C)SS(C)(=O)=O)C[C@H]2C(=O)N[C@@H](C)c2ccc(-c3scnc3C)cc2)C(C)C)on1)OCC. The number of rotatable bonds is 19. The zero-order valence-electron chi connectivity index (χ0n) is 33.6. The molecule has 2 aromatic heterocycles. The van der Waals surface area contributed by atoms with E-state index in [1.165, 1.54) is 11.0 Å². The second-order valence-corrected chi connectivity index (χ2v) is 20.2. The first-order valence-electron chi connectivity index (χ1n) is 18.5. The number of likely N-dealkylation sites (tertiary alicyclic amines) is 1. The molecule has 4 rings (SSSR count). The standard InChI is InChI=1S/C38H54N4O11S3/c1-11-48-32(49-12-2)20-50-31-18-30(53-41-31)33(22(3)4)36(44)42-19-28(52-37(45)51-25(7)38(8,9)55-56(10,46)47)17-29(42)35(43)40-23(5)26-13-15-27(16-14-26)34-24(6)39-21-54-34/h13-16,18,21-23,25,28-29,32-33H,11-12,17,19-20H2,1-10H3,(H,40,43)/t23-,25?,28+,29-,33+/m0/s1. The van der Waals surface area contributed by atoms with E-state index in [-0.39, 0.29) is 37.1 Å². The van der Waals surface area contributed by atoms with Gasteiger partial charge in [-0.05, 0) is 81.5 Å². The third kappa shape index (κ3) is 12.1. The molecule has 15 nitrogen and oxygen atoms in total. The van der Waals surface area contributed by atoms with Gasteiger partial charge in [0, 0.05) is 32.0 Å². The van der Waals surface area contributed by atoms with Crippen molar-refractivity contribution in [2.24, 2.45) is 5.92 Å². The number of nitrogens with zero attached hydrogens (tertiary/aromatic N) is 3. The van der Waals surface area contributed by atoms with Crippen LogP contribution in [0.2, 0.25) is 0 Å². The Kier molecular flexibility index (Phi) is 15.8. The fraction of sp³-hybridized carbons (Fsp3) is 0.605. The summed E-state index contributed by atoms with van der Waals surface area (Å²) >= 11 is 1.55. The summed E-state index contributed by atoms with van der Waals surface area (Å²) in [4.78, 5) is 48.4. The van der Waals surface area contributed by atoms with Gasteiger partial charge in [0.1, 0.15) is 30.8 Å². The first-order chi connectivity index (χ1) is 26.3. The molecule has 0 radical (unpaired) electrons. The number of hydrogen-bond donors (Lipinski definition) is 1. The third-order valence-electron chi connectivity index (χ3n) is 9.33. The summed E-state index contributed by atoms with van der Waals surface area (Å²) in [6, 6.07) is 7.92. The van der Waals surface area contributed by atoms with Crippen LogP contribution >= 0.6 is 22.1 Å². The molecule has 1 saturated heterocycles. The van der Waals surface area contributed by atoms with Gasteiger partial charge in [0.15, 0.2) is 20.9 Å². The first-order valence-corrected chi connectivity index (χ1v) is 22.7. The van der Waals surface area contributed by atoms with Gasteiger partial charge < -0.3 is 38.4 Å². The average molecular weight is 839 g/mol. The number of amides is 2. The van der Waals surface area contributed by atoms with Gasteiger partial charge in [-0.2, -0.15) is 0 Å². The summed E-state index contributed by atoms with van der Waals surface area (Å²) in [5.74, 6) is -1.67. The summed E-state index contributed by atoms with van der Waals surface area (Å²) in [7, 11) is -2.77. The molecule has 1 aromatic carbocycles. The normalized spacial score (nSPS) is 17.8. The van der Waals surface area contributed by atoms with E-state index >= 15 is 0 Å². The van der Waals surface area contributed by atoms with Crippen LogP contribution in [0.3, 0.4) is 0 Å². The molecule has 1 aliphatic rings. The minimum atomic E-state index is -3.45. The topological polar surface area (TPSA) is 186 Å². The maximum atomic E-state index is 14.5. The largest absolute Gasteiger partial charge is 0.508 e. The second kappa shape index (κ2) is 19.6. The number of aryl methyl sites for hydroxylation is 1. The molecule has 18 heteroatoms. The van der Waals surface area contributed by atoms with E-state index in [1.807, 2.05) is 65.8 Å². The van der Waals surface area contributed by atoms with Crippen molar-refractivity contribution in [2.45, 2.75) is 110 Å². The molecule has 3 heterocycles. The van der Waals surface area contributed by atoms with Crippen LogP contribution in [-0.2, 0) is 37.4 Å². The van der Waals surface area contributed by atoms with E-state index in [1.54, 1.807) is 37.6 Å². The van der Waals surface area contributed by atoms with Crippen LogP contribution in [0, 0.1) is 12.8 Å². The molecule has 1 N–H and O–H groups in total. The Balaban J connectivity index is 1.54. The Morgan fingerprint density at radius 2 is 1.75 bits per heavy atom. The van der Waals surface area contributed by atoms with Gasteiger partial charge in [-0.1, -0.05) is 38.1 Å². The summed E-state index contributed by atoms with van der Waals surface area (Å²) < 4.78 is 56.6. The molecule has 1 unspecified atom stereocenters. The third-order valence-corrected chi connectivity index (χ3v) is 13.6. The monoisotopic (exact) mass is 838 g/mol. The molecule has 56 heavy (non-hydrogen) atoms. The highest BCUT2D eigenvalue weighted by atomic mass is 33.1. The van der Waals surface area contributed by atoms with Crippen LogP contribution in [0.1, 0.15) is 90.8 Å². The molecule has 0 saturated carbocycles. The van der Waals surface area contributed by atoms with Crippen LogP contribution in [0.4, 0.5) is 4.79 Å². The number of carbonyl (C=O) groups excluding carboxylic acids is 3. The predicted molar refractivity (Wildman–Crippen MR) is 213 cm³/mol. The number of nitrogens with one attached hydrogen (secondary N) is 1. The van der Waals surface area contributed by atoms with Crippen molar-refractivity contribution < 1.29 is 51.0 Å². The van der Waals surface area contributed by atoms with Crippen LogP contribution in [0.25, 0.3) is 10.4 Å². The van der Waals surface area contributed by atoms with E-state index in [9.17, 15) is 22.8 Å². The van der Waals surface area contributed by atoms with Crippen LogP contribution in [0.5, 0.6) is 5.88 Å². The molecule has 2 amide bonds. The van der Waals surface area contributed by atoms with E-state index < -0.39 is 68.1 Å². The Bertz CT molecular complexity index is 1870. The molecule has 0 spiro atoms. The smallest absolute Gasteiger partial charge is 0.470 e. The van der Waals surface area contributed by atoms with Crippen LogP contribution < -0.4 is 10.1 Å².